The summed E-state index contributed by atoms with van der Waals surface area (Å²) in [5.74, 6) is -0.980. The fraction of sp³-hybridized carbons (Fsp3) is 0.310. The largest absolute Gasteiger partial charge is 0.494 e. The number of fused-ring (bicyclic) bond motifs is 1. The molecule has 2 atom stereocenters. The summed E-state index contributed by atoms with van der Waals surface area (Å²) in [6, 6.07) is 18.9. The maximum Gasteiger partial charge on any atom is 0.249 e. The zero-order valence-electron chi connectivity index (χ0n) is 21.6. The van der Waals surface area contributed by atoms with E-state index in [0.29, 0.717) is 42.1 Å². The molecule has 3 aromatic carbocycles. The van der Waals surface area contributed by atoms with Gasteiger partial charge in [-0.2, -0.15) is 0 Å². The van der Waals surface area contributed by atoms with Crippen molar-refractivity contribution in [2.75, 3.05) is 24.7 Å². The molecule has 1 aliphatic heterocycles. The zero-order valence-corrected chi connectivity index (χ0v) is 21.6. The van der Waals surface area contributed by atoms with Crippen LogP contribution < -0.4 is 15.0 Å². The minimum atomic E-state index is -1.17. The highest BCUT2D eigenvalue weighted by Crippen LogP contribution is 2.31. The Kier molecular flexibility index (Phi) is 8.12. The maximum atomic E-state index is 15.3. The van der Waals surface area contributed by atoms with Crippen molar-refractivity contribution in [2.45, 2.75) is 38.5 Å². The van der Waals surface area contributed by atoms with E-state index in [1.54, 1.807) is 42.5 Å². The molecule has 1 N–H and O–H groups in total. The molecule has 2 heterocycles. The van der Waals surface area contributed by atoms with Gasteiger partial charge in [0.2, 0.25) is 11.8 Å². The number of benzene rings is 3. The molecule has 0 bridgehead atoms. The van der Waals surface area contributed by atoms with E-state index in [0.717, 1.165) is 12.8 Å². The first-order valence-corrected chi connectivity index (χ1v) is 13.0. The van der Waals surface area contributed by atoms with Crippen molar-refractivity contribution in [3.05, 3.63) is 84.2 Å². The van der Waals surface area contributed by atoms with Gasteiger partial charge in [0, 0.05) is 13.2 Å². The fourth-order valence-corrected chi connectivity index (χ4v) is 4.75. The quantitative estimate of drug-likeness (QED) is 0.332. The van der Waals surface area contributed by atoms with Crippen LogP contribution in [0.2, 0.25) is 0 Å². The van der Waals surface area contributed by atoms with Gasteiger partial charge in [-0.05, 0) is 61.7 Å². The minimum absolute atomic E-state index is 0.0157. The summed E-state index contributed by atoms with van der Waals surface area (Å²) in [6.45, 7) is 3.05. The van der Waals surface area contributed by atoms with Crippen LogP contribution in [-0.2, 0) is 20.9 Å². The molecule has 2 amide bonds. The summed E-state index contributed by atoms with van der Waals surface area (Å²) in [7, 11) is 0. The second kappa shape index (κ2) is 12.0. The maximum absolute atomic E-state index is 15.3. The predicted octanol–water partition coefficient (Wildman–Crippen LogP) is 4.04. The molecule has 0 aliphatic carbocycles. The molecule has 1 aromatic heterocycles. The van der Waals surface area contributed by atoms with Crippen LogP contribution in [-0.4, -0.2) is 52.7 Å². The summed E-state index contributed by atoms with van der Waals surface area (Å²) < 4.78 is 27.9. The third-order valence-electron chi connectivity index (χ3n) is 6.63. The van der Waals surface area contributed by atoms with E-state index in [2.05, 4.69) is 15.6 Å². The highest BCUT2D eigenvalue weighted by molar-refractivity contribution is 6.01. The number of para-hydroxylation sites is 2. The van der Waals surface area contributed by atoms with Crippen molar-refractivity contribution in [1.29, 1.82) is 0 Å². The van der Waals surface area contributed by atoms with Crippen molar-refractivity contribution in [3.63, 3.8) is 0 Å². The second-order valence-corrected chi connectivity index (χ2v) is 9.24. The number of nitrogens with one attached hydrogen (secondary N) is 1. The van der Waals surface area contributed by atoms with Crippen LogP contribution in [0, 0.1) is 5.82 Å². The van der Waals surface area contributed by atoms with E-state index in [9.17, 15) is 9.59 Å². The van der Waals surface area contributed by atoms with Gasteiger partial charge in [-0.15, -0.1) is 5.10 Å². The van der Waals surface area contributed by atoms with Crippen molar-refractivity contribution < 1.29 is 23.5 Å². The Morgan fingerprint density at radius 1 is 1.13 bits per heavy atom. The molecule has 4 aromatic rings. The molecule has 0 unspecified atom stereocenters. The van der Waals surface area contributed by atoms with E-state index >= 15 is 4.39 Å². The van der Waals surface area contributed by atoms with Gasteiger partial charge in [-0.1, -0.05) is 41.6 Å². The second-order valence-electron chi connectivity index (χ2n) is 9.24. The number of anilines is 1. The smallest absolute Gasteiger partial charge is 0.249 e. The fourth-order valence-electron chi connectivity index (χ4n) is 4.75. The van der Waals surface area contributed by atoms with E-state index in [1.165, 1.54) is 27.8 Å². The van der Waals surface area contributed by atoms with Crippen LogP contribution in [0.3, 0.4) is 0 Å². The first-order chi connectivity index (χ1) is 19.0. The molecule has 0 spiro atoms. The standard InChI is InChI=1S/C29H30FN5O4/c1-2-38-21-15-13-20(14-16-21)28(29(37)31-18-22-8-7-17-39-22)35(25-11-5-3-9-23(25)30)27(36)19-34-26-12-6-4-10-24(26)32-33-34/h3-6,9-16,22,28H,2,7-8,17-19H2,1H3,(H,31,37)/t22-,28+/m1/s1. The van der Waals surface area contributed by atoms with E-state index in [-0.39, 0.29) is 18.3 Å². The lowest BCUT2D eigenvalue weighted by Crippen LogP contribution is -2.47. The number of carbonyl (C=O) groups is 2. The SMILES string of the molecule is CCOc1ccc([C@@H](C(=O)NC[C@H]2CCCO2)N(C(=O)Cn2nnc3ccccc32)c2ccccc2F)cc1. The number of ether oxygens (including phenoxy) is 2. The summed E-state index contributed by atoms with van der Waals surface area (Å²) in [5.41, 5.74) is 1.77. The van der Waals surface area contributed by atoms with Crippen LogP contribution in [0.15, 0.2) is 72.8 Å². The van der Waals surface area contributed by atoms with Crippen LogP contribution in [0.5, 0.6) is 5.75 Å². The Morgan fingerprint density at radius 2 is 1.90 bits per heavy atom. The number of rotatable bonds is 10. The first-order valence-electron chi connectivity index (χ1n) is 13.0. The number of carbonyl (C=O) groups excluding carboxylic acids is 2. The third-order valence-corrected chi connectivity index (χ3v) is 6.63. The van der Waals surface area contributed by atoms with Gasteiger partial charge < -0.3 is 14.8 Å². The van der Waals surface area contributed by atoms with Crippen LogP contribution >= 0.6 is 0 Å². The van der Waals surface area contributed by atoms with Gasteiger partial charge in [0.05, 0.1) is 23.9 Å². The predicted molar refractivity (Wildman–Crippen MR) is 144 cm³/mol. The van der Waals surface area contributed by atoms with Gasteiger partial charge in [-0.25, -0.2) is 9.07 Å². The average Bonchev–Trinajstić information content (AvgIpc) is 3.62. The lowest BCUT2D eigenvalue weighted by molar-refractivity contribution is -0.127. The van der Waals surface area contributed by atoms with Crippen molar-refractivity contribution in [2.24, 2.45) is 0 Å². The third kappa shape index (κ3) is 5.91. The van der Waals surface area contributed by atoms with Crippen molar-refractivity contribution >= 4 is 28.5 Å². The molecule has 1 saturated heterocycles. The first kappa shape index (κ1) is 26.3. The van der Waals surface area contributed by atoms with Crippen molar-refractivity contribution in [3.8, 4) is 5.75 Å². The normalized spacial score (nSPS) is 15.7. The number of aromatic nitrogens is 3. The van der Waals surface area contributed by atoms with Gasteiger partial charge >= 0.3 is 0 Å². The monoisotopic (exact) mass is 531 g/mol. The average molecular weight is 532 g/mol. The lowest BCUT2D eigenvalue weighted by Gasteiger charge is -2.32. The summed E-state index contributed by atoms with van der Waals surface area (Å²) in [5, 5.41) is 11.2. The zero-order chi connectivity index (χ0) is 27.2. The Morgan fingerprint density at radius 3 is 2.64 bits per heavy atom. The van der Waals surface area contributed by atoms with Gasteiger partial charge in [0.15, 0.2) is 0 Å². The van der Waals surface area contributed by atoms with E-state index < -0.39 is 23.7 Å². The van der Waals surface area contributed by atoms with Gasteiger partial charge in [-0.3, -0.25) is 14.5 Å². The molecule has 0 radical (unpaired) electrons. The molecular weight excluding hydrogens is 501 g/mol. The Labute approximate surface area is 225 Å². The molecule has 10 heteroatoms. The lowest BCUT2D eigenvalue weighted by atomic mass is 10.0. The van der Waals surface area contributed by atoms with Crippen LogP contribution in [0.4, 0.5) is 10.1 Å². The molecule has 202 valence electrons. The topological polar surface area (TPSA) is 98.6 Å². The van der Waals surface area contributed by atoms with Gasteiger partial charge in [0.1, 0.15) is 29.7 Å². The molecule has 9 nitrogen and oxygen atoms in total. The molecular formula is C29H30FN5O4. The van der Waals surface area contributed by atoms with Crippen LogP contribution in [0.25, 0.3) is 11.0 Å². The Bertz CT molecular complexity index is 1440. The summed E-state index contributed by atoms with van der Waals surface area (Å²) >= 11 is 0. The molecule has 0 saturated carbocycles. The van der Waals surface area contributed by atoms with E-state index in [1.807, 2.05) is 19.1 Å². The Balaban J connectivity index is 1.54. The molecule has 5 rings (SSSR count). The highest BCUT2D eigenvalue weighted by Gasteiger charge is 2.35. The molecule has 1 aliphatic rings. The highest BCUT2D eigenvalue weighted by atomic mass is 19.1. The van der Waals surface area contributed by atoms with Crippen LogP contribution in [0.1, 0.15) is 31.4 Å². The van der Waals surface area contributed by atoms with E-state index in [4.69, 9.17) is 9.47 Å². The van der Waals surface area contributed by atoms with Gasteiger partial charge in [0.25, 0.3) is 0 Å². The number of hydrogen-bond acceptors (Lipinski definition) is 6. The Hall–Kier alpha value is -4.31. The number of halogens is 1. The minimum Gasteiger partial charge on any atom is -0.494 e. The summed E-state index contributed by atoms with van der Waals surface area (Å²) in [6.07, 6.45) is 1.66. The van der Waals surface area contributed by atoms with Crippen molar-refractivity contribution in [1.82, 2.24) is 20.3 Å². The number of amides is 2. The number of hydrogen-bond donors (Lipinski definition) is 1. The number of nitrogens with zero attached hydrogens (tertiary/aromatic N) is 4. The molecule has 1 fully saturated rings. The molecule has 39 heavy (non-hydrogen) atoms. The summed E-state index contributed by atoms with van der Waals surface area (Å²) in [4.78, 5) is 29.0.